The van der Waals surface area contributed by atoms with Crippen molar-refractivity contribution in [3.8, 4) is 16.9 Å². The number of aromatic nitrogens is 1. The van der Waals surface area contributed by atoms with E-state index in [2.05, 4.69) is 10.1 Å². The maximum absolute atomic E-state index is 15.5. The van der Waals surface area contributed by atoms with Crippen molar-refractivity contribution >= 4 is 18.0 Å². The molecule has 2 unspecified atom stereocenters. The standard InChI is InChI=1S/C34H28F8N2O3S/c1-19-22(17-23-25(33(37,38)39)10-7-11-26(23)35)32-44(31(46)29(19)24-16-21(12-13-27(24)36)47-34(40,41)42)28(18-48-32)30(43-14-5-6-15-45)20-8-3-2-4-9-20/h2-4,7-13,15-16,28,30,43H,5-6,14,17-18H2,1H3. The van der Waals surface area contributed by atoms with Crippen LogP contribution in [0.15, 0.2) is 76.6 Å². The van der Waals surface area contributed by atoms with Crippen LogP contribution < -0.4 is 15.6 Å². The van der Waals surface area contributed by atoms with E-state index in [-0.39, 0.29) is 28.3 Å². The summed E-state index contributed by atoms with van der Waals surface area (Å²) in [7, 11) is 0. The molecule has 254 valence electrons. The summed E-state index contributed by atoms with van der Waals surface area (Å²) >= 11 is 1.15. The van der Waals surface area contributed by atoms with Crippen LogP contribution in [-0.2, 0) is 17.4 Å². The van der Waals surface area contributed by atoms with E-state index in [1.807, 2.05) is 0 Å². The Morgan fingerprint density at radius 1 is 0.979 bits per heavy atom. The maximum Gasteiger partial charge on any atom is 0.573 e. The molecule has 5 rings (SSSR count). The van der Waals surface area contributed by atoms with Gasteiger partial charge in [-0.3, -0.25) is 9.36 Å². The smallest absolute Gasteiger partial charge is 0.406 e. The number of hydrogen-bond acceptors (Lipinski definition) is 5. The monoisotopic (exact) mass is 696 g/mol. The van der Waals surface area contributed by atoms with Crippen molar-refractivity contribution in [3.05, 3.63) is 117 Å². The average molecular weight is 697 g/mol. The number of unbranched alkanes of at least 4 members (excludes halogenated alkanes) is 1. The summed E-state index contributed by atoms with van der Waals surface area (Å²) in [5.41, 5.74) is -2.90. The van der Waals surface area contributed by atoms with Gasteiger partial charge in [0.05, 0.1) is 28.2 Å². The number of nitrogens with one attached hydrogen (secondary N) is 1. The van der Waals surface area contributed by atoms with Gasteiger partial charge < -0.3 is 14.8 Å². The van der Waals surface area contributed by atoms with E-state index in [1.165, 1.54) is 11.5 Å². The van der Waals surface area contributed by atoms with Crippen molar-refractivity contribution in [1.29, 1.82) is 0 Å². The molecule has 14 heteroatoms. The Morgan fingerprint density at radius 2 is 1.71 bits per heavy atom. The van der Waals surface area contributed by atoms with Gasteiger partial charge in [0, 0.05) is 29.7 Å². The zero-order chi connectivity index (χ0) is 34.8. The molecule has 1 aromatic heterocycles. The van der Waals surface area contributed by atoms with E-state index in [0.29, 0.717) is 25.1 Å². The predicted octanol–water partition coefficient (Wildman–Crippen LogP) is 8.57. The molecule has 1 N–H and O–H groups in total. The summed E-state index contributed by atoms with van der Waals surface area (Å²) < 4.78 is 117. The number of pyridine rings is 1. The second-order valence-corrected chi connectivity index (χ2v) is 12.1. The highest BCUT2D eigenvalue weighted by molar-refractivity contribution is 7.99. The van der Waals surface area contributed by atoms with E-state index in [9.17, 15) is 35.9 Å². The van der Waals surface area contributed by atoms with Crippen LogP contribution >= 0.6 is 11.8 Å². The molecule has 0 amide bonds. The first-order valence-corrected chi connectivity index (χ1v) is 15.7. The molecule has 0 fully saturated rings. The van der Waals surface area contributed by atoms with Crippen LogP contribution in [0.1, 0.15) is 52.7 Å². The van der Waals surface area contributed by atoms with Crippen LogP contribution in [-0.4, -0.2) is 29.5 Å². The third-order valence-electron chi connectivity index (χ3n) is 8.08. The molecule has 4 aromatic rings. The third kappa shape index (κ3) is 7.44. The van der Waals surface area contributed by atoms with Crippen molar-refractivity contribution in [2.75, 3.05) is 12.3 Å². The molecule has 0 bridgehead atoms. The number of carbonyl (C=O) groups excluding carboxylic acids is 1. The van der Waals surface area contributed by atoms with Gasteiger partial charge >= 0.3 is 12.5 Å². The minimum Gasteiger partial charge on any atom is -0.406 e. The van der Waals surface area contributed by atoms with Gasteiger partial charge in [0.25, 0.3) is 5.56 Å². The number of nitrogens with zero attached hydrogens (tertiary/aromatic N) is 1. The molecule has 48 heavy (non-hydrogen) atoms. The van der Waals surface area contributed by atoms with Gasteiger partial charge in [-0.2, -0.15) is 13.2 Å². The van der Waals surface area contributed by atoms with Crippen LogP contribution in [0.3, 0.4) is 0 Å². The van der Waals surface area contributed by atoms with Gasteiger partial charge in [0.2, 0.25) is 0 Å². The highest BCUT2D eigenvalue weighted by Gasteiger charge is 2.39. The summed E-state index contributed by atoms with van der Waals surface area (Å²) in [5.74, 6) is -2.83. The van der Waals surface area contributed by atoms with Gasteiger partial charge in [0.15, 0.2) is 0 Å². The molecule has 2 heterocycles. The summed E-state index contributed by atoms with van der Waals surface area (Å²) in [4.78, 5) is 25.4. The normalized spacial score (nSPS) is 15.3. The number of ether oxygens (including phenoxy) is 1. The summed E-state index contributed by atoms with van der Waals surface area (Å²) in [6.45, 7) is 1.70. The molecule has 0 radical (unpaired) electrons. The first kappa shape index (κ1) is 35.1. The van der Waals surface area contributed by atoms with Crippen molar-refractivity contribution in [1.82, 2.24) is 9.88 Å². The lowest BCUT2D eigenvalue weighted by molar-refractivity contribution is -0.274. The number of halogens is 8. The number of carbonyl (C=O) groups is 1. The van der Waals surface area contributed by atoms with Crippen LogP contribution in [0.25, 0.3) is 11.1 Å². The Morgan fingerprint density at radius 3 is 2.38 bits per heavy atom. The van der Waals surface area contributed by atoms with Gasteiger partial charge in [-0.05, 0) is 66.9 Å². The van der Waals surface area contributed by atoms with Crippen molar-refractivity contribution in [3.63, 3.8) is 0 Å². The van der Waals surface area contributed by atoms with E-state index in [4.69, 9.17) is 0 Å². The molecule has 0 saturated heterocycles. The minimum absolute atomic E-state index is 0.0194. The van der Waals surface area contributed by atoms with Crippen LogP contribution in [0.2, 0.25) is 0 Å². The summed E-state index contributed by atoms with van der Waals surface area (Å²) in [6, 6.07) is 12.3. The zero-order valence-corrected chi connectivity index (χ0v) is 26.0. The van der Waals surface area contributed by atoms with Gasteiger partial charge in [-0.1, -0.05) is 36.4 Å². The van der Waals surface area contributed by atoms with E-state index in [1.54, 1.807) is 30.3 Å². The van der Waals surface area contributed by atoms with Crippen molar-refractivity contribution in [2.45, 2.75) is 55.8 Å². The Labute approximate surface area is 273 Å². The molecular formula is C34H28F8N2O3S. The van der Waals surface area contributed by atoms with Gasteiger partial charge in [-0.25, -0.2) is 8.78 Å². The van der Waals surface area contributed by atoms with E-state index >= 15 is 8.78 Å². The highest BCUT2D eigenvalue weighted by atomic mass is 32.2. The third-order valence-corrected chi connectivity index (χ3v) is 9.31. The number of fused-ring (bicyclic) bond motifs is 1. The fourth-order valence-electron chi connectivity index (χ4n) is 5.95. The lowest BCUT2D eigenvalue weighted by Gasteiger charge is -2.28. The SMILES string of the molecule is Cc1c(Cc2c(F)cccc2C(F)(F)F)c2n(c(=O)c1-c1cc(OC(F)(F)F)ccc1F)C(C(NCCCC=O)c1ccccc1)CS2. The summed E-state index contributed by atoms with van der Waals surface area (Å²) in [6.07, 6.45) is -9.24. The van der Waals surface area contributed by atoms with E-state index in [0.717, 1.165) is 47.9 Å². The number of hydrogen-bond donors (Lipinski definition) is 1. The number of thioether (sulfide) groups is 1. The maximum atomic E-state index is 15.5. The number of alkyl halides is 6. The topological polar surface area (TPSA) is 60.3 Å². The van der Waals surface area contributed by atoms with E-state index < -0.39 is 76.2 Å². The quantitative estimate of drug-likeness (QED) is 0.0968. The molecule has 0 saturated carbocycles. The van der Waals surface area contributed by atoms with Crippen molar-refractivity contribution < 1.29 is 44.7 Å². The summed E-state index contributed by atoms with van der Waals surface area (Å²) in [5, 5.41) is 3.57. The molecule has 1 aliphatic heterocycles. The number of benzene rings is 3. The van der Waals surface area contributed by atoms with Gasteiger partial charge in [0.1, 0.15) is 23.7 Å². The molecule has 0 aliphatic carbocycles. The lowest BCUT2D eigenvalue weighted by atomic mass is 9.91. The largest absolute Gasteiger partial charge is 0.573 e. The Bertz CT molecular complexity index is 1860. The molecule has 3 aromatic carbocycles. The average Bonchev–Trinajstić information content (AvgIpc) is 3.45. The number of aldehydes is 1. The molecule has 1 aliphatic rings. The Hall–Kier alpha value is -4.17. The van der Waals surface area contributed by atoms with Crippen LogP contribution in [0.5, 0.6) is 5.75 Å². The second kappa shape index (κ2) is 14.1. The molecule has 5 nitrogen and oxygen atoms in total. The predicted molar refractivity (Wildman–Crippen MR) is 164 cm³/mol. The zero-order valence-electron chi connectivity index (χ0n) is 25.2. The molecule has 0 spiro atoms. The fourth-order valence-corrected chi connectivity index (χ4v) is 7.38. The first-order chi connectivity index (χ1) is 22.7. The minimum atomic E-state index is -5.14. The lowest BCUT2D eigenvalue weighted by Crippen LogP contribution is -2.36. The van der Waals surface area contributed by atoms with Crippen molar-refractivity contribution in [2.24, 2.45) is 0 Å². The first-order valence-electron chi connectivity index (χ1n) is 14.7. The highest BCUT2D eigenvalue weighted by Crippen LogP contribution is 2.45. The molecule has 2 atom stereocenters. The van der Waals surface area contributed by atoms with Crippen LogP contribution in [0.4, 0.5) is 35.1 Å². The molecular weight excluding hydrogens is 668 g/mol. The second-order valence-electron chi connectivity index (χ2n) is 11.1. The van der Waals surface area contributed by atoms with Gasteiger partial charge in [-0.15, -0.1) is 24.9 Å². The Kier molecular flexibility index (Phi) is 10.3. The Balaban J connectivity index is 1.77. The number of rotatable bonds is 11. The van der Waals surface area contributed by atoms with Crippen LogP contribution in [0, 0.1) is 18.6 Å². The fraction of sp³-hybridized carbons (Fsp3) is 0.294.